The van der Waals surface area contributed by atoms with E-state index < -0.39 is 0 Å². The zero-order valence-corrected chi connectivity index (χ0v) is 12.3. The Morgan fingerprint density at radius 3 is 2.26 bits per heavy atom. The van der Waals surface area contributed by atoms with E-state index in [4.69, 9.17) is 9.47 Å². The van der Waals surface area contributed by atoms with Crippen LogP contribution in [0.1, 0.15) is 32.1 Å². The van der Waals surface area contributed by atoms with E-state index >= 15 is 0 Å². The van der Waals surface area contributed by atoms with Gasteiger partial charge >= 0.3 is 6.09 Å². The third kappa shape index (κ3) is 8.06. The van der Waals surface area contributed by atoms with Crippen molar-refractivity contribution in [1.82, 2.24) is 10.2 Å². The Balaban J connectivity index is 0.000000250. The second-order valence-corrected chi connectivity index (χ2v) is 5.34. The number of carbonyl (C=O) groups is 1. The molecule has 5 nitrogen and oxygen atoms in total. The van der Waals surface area contributed by atoms with Gasteiger partial charge in [-0.2, -0.15) is 0 Å². The first-order valence-electron chi connectivity index (χ1n) is 7.32. The van der Waals surface area contributed by atoms with Gasteiger partial charge in [-0.05, 0) is 18.8 Å². The predicted molar refractivity (Wildman–Crippen MR) is 75.3 cm³/mol. The molecule has 1 aliphatic carbocycles. The highest BCUT2D eigenvalue weighted by molar-refractivity contribution is 5.66. The van der Waals surface area contributed by atoms with Crippen LogP contribution in [-0.4, -0.2) is 58.0 Å². The first kappa shape index (κ1) is 16.2. The van der Waals surface area contributed by atoms with E-state index in [1.807, 2.05) is 0 Å². The molecule has 2 fully saturated rings. The Kier molecular flexibility index (Phi) is 8.58. The fourth-order valence-corrected chi connectivity index (χ4v) is 2.19. The molecule has 1 saturated carbocycles. The molecule has 1 N–H and O–H groups in total. The third-order valence-corrected chi connectivity index (χ3v) is 3.38. The number of rotatable bonds is 2. The zero-order valence-electron chi connectivity index (χ0n) is 12.3. The van der Waals surface area contributed by atoms with Crippen LogP contribution in [0.4, 0.5) is 4.79 Å². The van der Waals surface area contributed by atoms with Gasteiger partial charge in [0.05, 0.1) is 19.8 Å². The third-order valence-electron chi connectivity index (χ3n) is 3.38. The molecule has 0 bridgehead atoms. The molecule has 2 rings (SSSR count). The second kappa shape index (κ2) is 10.0. The summed E-state index contributed by atoms with van der Waals surface area (Å²) in [5.74, 6) is 0.609. The molecular weight excluding hydrogens is 244 g/mol. The fraction of sp³-hybridized carbons (Fsp3) is 0.929. The molecule has 1 heterocycles. The summed E-state index contributed by atoms with van der Waals surface area (Å²) in [6.45, 7) is 4.44. The van der Waals surface area contributed by atoms with Crippen molar-refractivity contribution in [1.29, 1.82) is 0 Å². The van der Waals surface area contributed by atoms with E-state index in [0.717, 1.165) is 26.3 Å². The normalized spacial score (nSPS) is 20.1. The standard InChI is InChI=1S/C10H19NO2.C4H9NO/c1-11(2)10(12)13-8-9-6-4-3-5-7-9;1-3-6-4-2-5-1/h9H,3-8H2,1-2H3;5H,1-4H2. The van der Waals surface area contributed by atoms with Gasteiger partial charge in [-0.1, -0.05) is 19.3 Å². The summed E-state index contributed by atoms with van der Waals surface area (Å²) in [7, 11) is 3.42. The van der Waals surface area contributed by atoms with Crippen molar-refractivity contribution in [2.45, 2.75) is 32.1 Å². The lowest BCUT2D eigenvalue weighted by Crippen LogP contribution is -2.30. The van der Waals surface area contributed by atoms with E-state index in [0.29, 0.717) is 12.5 Å². The molecule has 2 aliphatic rings. The molecule has 0 unspecified atom stereocenters. The van der Waals surface area contributed by atoms with Crippen LogP contribution in [0, 0.1) is 5.92 Å². The van der Waals surface area contributed by atoms with Gasteiger partial charge in [0.15, 0.2) is 0 Å². The summed E-state index contributed by atoms with van der Waals surface area (Å²) in [4.78, 5) is 12.6. The minimum atomic E-state index is -0.217. The highest BCUT2D eigenvalue weighted by atomic mass is 16.6. The van der Waals surface area contributed by atoms with E-state index in [1.54, 1.807) is 14.1 Å². The van der Waals surface area contributed by atoms with Crippen LogP contribution >= 0.6 is 0 Å². The van der Waals surface area contributed by atoms with Crippen molar-refractivity contribution in [2.24, 2.45) is 5.92 Å². The summed E-state index contributed by atoms with van der Waals surface area (Å²) in [5, 5.41) is 3.16. The van der Waals surface area contributed by atoms with Crippen LogP contribution in [-0.2, 0) is 9.47 Å². The number of ether oxygens (including phenoxy) is 2. The first-order valence-corrected chi connectivity index (χ1v) is 7.32. The van der Waals surface area contributed by atoms with Crippen LogP contribution in [0.5, 0.6) is 0 Å². The van der Waals surface area contributed by atoms with Crippen molar-refractivity contribution >= 4 is 6.09 Å². The lowest BCUT2D eigenvalue weighted by molar-refractivity contribution is 0.0930. The van der Waals surface area contributed by atoms with Gasteiger partial charge in [0, 0.05) is 27.2 Å². The number of nitrogens with zero attached hydrogens (tertiary/aromatic N) is 1. The largest absolute Gasteiger partial charge is 0.449 e. The average molecular weight is 272 g/mol. The highest BCUT2D eigenvalue weighted by Crippen LogP contribution is 2.23. The summed E-state index contributed by atoms with van der Waals surface area (Å²) in [6, 6.07) is 0. The lowest BCUT2D eigenvalue weighted by atomic mass is 9.90. The number of hydrogen-bond acceptors (Lipinski definition) is 4. The Morgan fingerprint density at radius 2 is 1.84 bits per heavy atom. The van der Waals surface area contributed by atoms with Crippen molar-refractivity contribution in [3.8, 4) is 0 Å². The quantitative estimate of drug-likeness (QED) is 0.834. The summed E-state index contributed by atoms with van der Waals surface area (Å²) in [6.07, 6.45) is 6.17. The number of nitrogens with one attached hydrogen (secondary N) is 1. The smallest absolute Gasteiger partial charge is 0.409 e. The Hall–Kier alpha value is -0.810. The molecule has 0 aromatic heterocycles. The molecule has 0 aromatic rings. The Bertz CT molecular complexity index is 225. The van der Waals surface area contributed by atoms with E-state index in [1.165, 1.54) is 37.0 Å². The van der Waals surface area contributed by atoms with Crippen molar-refractivity contribution < 1.29 is 14.3 Å². The maximum atomic E-state index is 11.1. The Labute approximate surface area is 116 Å². The molecule has 1 aliphatic heterocycles. The van der Waals surface area contributed by atoms with Crippen molar-refractivity contribution in [3.05, 3.63) is 0 Å². The minimum Gasteiger partial charge on any atom is -0.449 e. The number of carbonyl (C=O) groups excluding carboxylic acids is 1. The fourth-order valence-electron chi connectivity index (χ4n) is 2.19. The molecule has 19 heavy (non-hydrogen) atoms. The average Bonchev–Trinajstić information content (AvgIpc) is 2.48. The van der Waals surface area contributed by atoms with Crippen LogP contribution in [0.15, 0.2) is 0 Å². The molecule has 1 saturated heterocycles. The predicted octanol–water partition coefficient (Wildman–Crippen LogP) is 1.87. The van der Waals surface area contributed by atoms with Gasteiger partial charge in [0.2, 0.25) is 0 Å². The lowest BCUT2D eigenvalue weighted by Gasteiger charge is -2.21. The summed E-state index contributed by atoms with van der Waals surface area (Å²) >= 11 is 0. The maximum Gasteiger partial charge on any atom is 0.409 e. The highest BCUT2D eigenvalue weighted by Gasteiger charge is 2.15. The SMILES string of the molecule is C1COCCN1.CN(C)C(=O)OCC1CCCCC1. The van der Waals surface area contributed by atoms with Gasteiger partial charge < -0.3 is 19.7 Å². The van der Waals surface area contributed by atoms with Crippen LogP contribution in [0.2, 0.25) is 0 Å². The summed E-state index contributed by atoms with van der Waals surface area (Å²) < 4.78 is 10.1. The van der Waals surface area contributed by atoms with Crippen LogP contribution < -0.4 is 5.32 Å². The molecule has 112 valence electrons. The van der Waals surface area contributed by atoms with Gasteiger partial charge in [-0.25, -0.2) is 4.79 Å². The monoisotopic (exact) mass is 272 g/mol. The first-order chi connectivity index (χ1) is 9.20. The van der Waals surface area contributed by atoms with Gasteiger partial charge in [-0.3, -0.25) is 0 Å². The minimum absolute atomic E-state index is 0.217. The van der Waals surface area contributed by atoms with E-state index in [2.05, 4.69) is 5.32 Å². The zero-order chi connectivity index (χ0) is 13.9. The molecule has 5 heteroatoms. The Morgan fingerprint density at radius 1 is 1.21 bits per heavy atom. The van der Waals surface area contributed by atoms with E-state index in [9.17, 15) is 4.79 Å². The molecule has 0 aromatic carbocycles. The number of morpholine rings is 1. The van der Waals surface area contributed by atoms with Gasteiger partial charge in [0.1, 0.15) is 0 Å². The molecule has 0 spiro atoms. The second-order valence-electron chi connectivity index (χ2n) is 5.34. The van der Waals surface area contributed by atoms with Crippen LogP contribution in [0.25, 0.3) is 0 Å². The van der Waals surface area contributed by atoms with E-state index in [-0.39, 0.29) is 6.09 Å². The number of hydrogen-bond donors (Lipinski definition) is 1. The molecular formula is C14H28N2O3. The van der Waals surface area contributed by atoms with Crippen molar-refractivity contribution in [2.75, 3.05) is 47.0 Å². The van der Waals surface area contributed by atoms with Crippen molar-refractivity contribution in [3.63, 3.8) is 0 Å². The number of amides is 1. The summed E-state index contributed by atoms with van der Waals surface area (Å²) in [5.41, 5.74) is 0. The topological polar surface area (TPSA) is 50.8 Å². The molecule has 0 atom stereocenters. The maximum absolute atomic E-state index is 11.1. The van der Waals surface area contributed by atoms with Gasteiger partial charge in [0.25, 0.3) is 0 Å². The van der Waals surface area contributed by atoms with Crippen LogP contribution in [0.3, 0.4) is 0 Å². The molecule has 1 amide bonds. The van der Waals surface area contributed by atoms with Gasteiger partial charge in [-0.15, -0.1) is 0 Å². The molecule has 0 radical (unpaired) electrons.